The second kappa shape index (κ2) is 5.90. The van der Waals surface area contributed by atoms with Gasteiger partial charge < -0.3 is 5.11 Å². The molecule has 0 aliphatic heterocycles. The smallest absolute Gasteiger partial charge is 0.336 e. The van der Waals surface area contributed by atoms with E-state index in [1.54, 1.807) is 12.1 Å². The molecular weight excluding hydrogens is 357 g/mol. The zero-order valence-corrected chi connectivity index (χ0v) is 12.4. The molecule has 0 amide bonds. The van der Waals surface area contributed by atoms with Gasteiger partial charge in [0.1, 0.15) is 5.03 Å². The van der Waals surface area contributed by atoms with Gasteiger partial charge >= 0.3 is 5.97 Å². The highest BCUT2D eigenvalue weighted by Gasteiger charge is 2.12. The first kappa shape index (κ1) is 14.3. The number of rotatable bonds is 3. The minimum atomic E-state index is -1.06. The Hall–Kier alpha value is -1.11. The van der Waals surface area contributed by atoms with Gasteiger partial charge in [-0.25, -0.2) is 14.2 Å². The number of hydrogen-bond donors (Lipinski definition) is 1. The van der Waals surface area contributed by atoms with Gasteiger partial charge in [-0.15, -0.1) is 0 Å². The summed E-state index contributed by atoms with van der Waals surface area (Å²) in [7, 11) is 0. The molecule has 1 N–H and O–H groups in total. The Balaban J connectivity index is 2.33. The van der Waals surface area contributed by atoms with E-state index in [0.29, 0.717) is 9.37 Å². The van der Waals surface area contributed by atoms with Gasteiger partial charge in [0, 0.05) is 15.6 Å². The monoisotopic (exact) mass is 361 g/mol. The van der Waals surface area contributed by atoms with Crippen molar-refractivity contribution >= 4 is 45.3 Å². The van der Waals surface area contributed by atoms with Crippen LogP contribution < -0.4 is 0 Å². The van der Waals surface area contributed by atoms with Gasteiger partial charge in [0.2, 0.25) is 0 Å². The lowest BCUT2D eigenvalue weighted by molar-refractivity contribution is 0.0695. The number of aromatic nitrogens is 1. The summed E-state index contributed by atoms with van der Waals surface area (Å²) < 4.78 is 14.0. The zero-order valence-electron chi connectivity index (χ0n) is 9.23. The first-order valence-electron chi connectivity index (χ1n) is 4.99. The van der Waals surface area contributed by atoms with Crippen LogP contribution in [0.3, 0.4) is 0 Å². The van der Waals surface area contributed by atoms with Crippen molar-refractivity contribution in [2.75, 3.05) is 0 Å². The molecule has 2 rings (SSSR count). The molecule has 1 aromatic heterocycles. The molecule has 0 unspecified atom stereocenters. The minimum absolute atomic E-state index is 0.111. The second-order valence-corrected chi connectivity index (χ2v) is 5.84. The molecule has 0 radical (unpaired) electrons. The molecule has 7 heteroatoms. The van der Waals surface area contributed by atoms with Crippen LogP contribution in [0, 0.1) is 5.82 Å². The standard InChI is InChI=1S/C12H6BrClFNO2S/c13-9-2-1-7(4-8(9)12(17)18)19-11-10(15)3-6(14)5-16-11/h1-5H,(H,17,18). The number of benzene rings is 1. The van der Waals surface area contributed by atoms with E-state index in [4.69, 9.17) is 16.7 Å². The highest BCUT2D eigenvalue weighted by Crippen LogP contribution is 2.31. The van der Waals surface area contributed by atoms with Gasteiger partial charge in [0.15, 0.2) is 5.82 Å². The first-order valence-corrected chi connectivity index (χ1v) is 6.98. The average Bonchev–Trinajstić information content (AvgIpc) is 2.34. The van der Waals surface area contributed by atoms with E-state index in [-0.39, 0.29) is 15.6 Å². The van der Waals surface area contributed by atoms with Gasteiger partial charge in [-0.1, -0.05) is 23.4 Å². The molecule has 1 heterocycles. The Labute approximate surface area is 125 Å². The van der Waals surface area contributed by atoms with E-state index in [0.717, 1.165) is 17.8 Å². The molecule has 0 atom stereocenters. The second-order valence-electron chi connectivity index (χ2n) is 3.49. The number of carboxylic acid groups (broad SMARTS) is 1. The summed E-state index contributed by atoms with van der Waals surface area (Å²) in [5.41, 5.74) is 0.111. The Morgan fingerprint density at radius 1 is 1.42 bits per heavy atom. The van der Waals surface area contributed by atoms with Crippen LogP contribution in [0.1, 0.15) is 10.4 Å². The lowest BCUT2D eigenvalue weighted by atomic mass is 10.2. The number of nitrogens with zero attached hydrogens (tertiary/aromatic N) is 1. The van der Waals surface area contributed by atoms with Gasteiger partial charge in [0.25, 0.3) is 0 Å². The van der Waals surface area contributed by atoms with Crippen LogP contribution in [0.4, 0.5) is 4.39 Å². The molecule has 98 valence electrons. The maximum absolute atomic E-state index is 13.6. The van der Waals surface area contributed by atoms with Crippen molar-refractivity contribution in [3.05, 3.63) is 51.3 Å². The van der Waals surface area contributed by atoms with Crippen LogP contribution in [-0.4, -0.2) is 16.1 Å². The molecule has 0 fully saturated rings. The average molecular weight is 363 g/mol. The molecule has 0 aliphatic rings. The molecular formula is C12H6BrClFNO2S. The Morgan fingerprint density at radius 3 is 2.79 bits per heavy atom. The molecule has 0 aliphatic carbocycles. The first-order chi connectivity index (χ1) is 8.97. The van der Waals surface area contributed by atoms with Gasteiger partial charge in [-0.3, -0.25) is 0 Å². The van der Waals surface area contributed by atoms with Crippen molar-refractivity contribution in [3.8, 4) is 0 Å². The fraction of sp³-hybridized carbons (Fsp3) is 0. The van der Waals surface area contributed by atoms with Gasteiger partial charge in [-0.2, -0.15) is 0 Å². The molecule has 0 saturated carbocycles. The highest BCUT2D eigenvalue weighted by atomic mass is 79.9. The normalized spacial score (nSPS) is 10.5. The number of pyridine rings is 1. The van der Waals surface area contributed by atoms with Gasteiger partial charge in [0.05, 0.1) is 10.6 Å². The van der Waals surface area contributed by atoms with Crippen molar-refractivity contribution in [2.45, 2.75) is 9.92 Å². The summed E-state index contributed by atoms with van der Waals surface area (Å²) in [4.78, 5) is 15.4. The van der Waals surface area contributed by atoms with E-state index >= 15 is 0 Å². The van der Waals surface area contributed by atoms with Crippen molar-refractivity contribution in [2.24, 2.45) is 0 Å². The van der Waals surface area contributed by atoms with Crippen LogP contribution in [0.5, 0.6) is 0 Å². The number of halogens is 3. The van der Waals surface area contributed by atoms with Crippen LogP contribution in [-0.2, 0) is 0 Å². The molecule has 1 aromatic carbocycles. The van der Waals surface area contributed by atoms with E-state index < -0.39 is 11.8 Å². The summed E-state index contributed by atoms with van der Waals surface area (Å²) in [6.45, 7) is 0. The lowest BCUT2D eigenvalue weighted by Crippen LogP contribution is -1.97. The molecule has 2 aromatic rings. The Bertz CT molecular complexity index is 654. The van der Waals surface area contributed by atoms with Crippen molar-refractivity contribution in [1.82, 2.24) is 4.98 Å². The summed E-state index contributed by atoms with van der Waals surface area (Å²) in [6.07, 6.45) is 1.34. The maximum atomic E-state index is 13.6. The molecule has 0 saturated heterocycles. The van der Waals surface area contributed by atoms with Crippen molar-refractivity contribution in [1.29, 1.82) is 0 Å². The van der Waals surface area contributed by atoms with E-state index in [1.807, 2.05) is 0 Å². The lowest BCUT2D eigenvalue weighted by Gasteiger charge is -2.05. The Kier molecular flexibility index (Phi) is 4.44. The van der Waals surface area contributed by atoms with E-state index in [2.05, 4.69) is 20.9 Å². The maximum Gasteiger partial charge on any atom is 0.336 e. The van der Waals surface area contributed by atoms with E-state index in [1.165, 1.54) is 12.3 Å². The fourth-order valence-electron chi connectivity index (χ4n) is 1.32. The topological polar surface area (TPSA) is 50.2 Å². The number of carboxylic acids is 1. The number of aromatic carboxylic acids is 1. The number of carbonyl (C=O) groups is 1. The third-order valence-electron chi connectivity index (χ3n) is 2.16. The predicted molar refractivity (Wildman–Crippen MR) is 74.4 cm³/mol. The molecule has 0 bridgehead atoms. The zero-order chi connectivity index (χ0) is 14.0. The van der Waals surface area contributed by atoms with E-state index in [9.17, 15) is 9.18 Å². The quantitative estimate of drug-likeness (QED) is 0.874. The van der Waals surface area contributed by atoms with Crippen LogP contribution in [0.15, 0.2) is 44.9 Å². The summed E-state index contributed by atoms with van der Waals surface area (Å²) in [5, 5.41) is 9.35. The van der Waals surface area contributed by atoms with Crippen molar-refractivity contribution < 1.29 is 14.3 Å². The fourth-order valence-corrected chi connectivity index (χ4v) is 2.68. The third kappa shape index (κ3) is 3.46. The summed E-state index contributed by atoms with van der Waals surface area (Å²) in [6, 6.07) is 5.89. The van der Waals surface area contributed by atoms with Gasteiger partial charge in [-0.05, 0) is 40.2 Å². The minimum Gasteiger partial charge on any atom is -0.478 e. The highest BCUT2D eigenvalue weighted by molar-refractivity contribution is 9.10. The summed E-state index contributed by atoms with van der Waals surface area (Å²) >= 11 is 9.79. The van der Waals surface area contributed by atoms with Crippen LogP contribution in [0.2, 0.25) is 5.02 Å². The molecule has 3 nitrogen and oxygen atoms in total. The number of hydrogen-bond acceptors (Lipinski definition) is 3. The Morgan fingerprint density at radius 2 is 2.16 bits per heavy atom. The largest absolute Gasteiger partial charge is 0.478 e. The molecule has 19 heavy (non-hydrogen) atoms. The summed E-state index contributed by atoms with van der Waals surface area (Å²) in [5.74, 6) is -1.60. The molecule has 0 spiro atoms. The van der Waals surface area contributed by atoms with Crippen LogP contribution >= 0.6 is 39.3 Å². The SMILES string of the molecule is O=C(O)c1cc(Sc2ncc(Cl)cc2F)ccc1Br. The predicted octanol–water partition coefficient (Wildman–Crippen LogP) is 4.49. The van der Waals surface area contributed by atoms with Crippen LogP contribution in [0.25, 0.3) is 0 Å². The third-order valence-corrected chi connectivity index (χ3v) is 4.04. The van der Waals surface area contributed by atoms with Crippen molar-refractivity contribution in [3.63, 3.8) is 0 Å².